The Morgan fingerprint density at radius 3 is 2.78 bits per heavy atom. The fraction of sp³-hybridized carbons (Fsp3) is 0.357. The summed E-state index contributed by atoms with van der Waals surface area (Å²) in [5, 5.41) is 5.06. The number of halogens is 1. The molecule has 0 fully saturated rings. The molecule has 0 atom stereocenters. The van der Waals surface area contributed by atoms with Crippen LogP contribution < -0.4 is 5.73 Å². The van der Waals surface area contributed by atoms with E-state index in [4.69, 9.17) is 17.3 Å². The van der Waals surface area contributed by atoms with E-state index in [0.29, 0.717) is 10.9 Å². The van der Waals surface area contributed by atoms with Gasteiger partial charge in [-0.15, -0.1) is 0 Å². The first-order chi connectivity index (χ1) is 8.49. The predicted octanol–water partition coefficient (Wildman–Crippen LogP) is 3.75. The van der Waals surface area contributed by atoms with E-state index in [1.807, 2.05) is 36.1 Å². The summed E-state index contributed by atoms with van der Waals surface area (Å²) in [5.74, 6) is 0.571. The van der Waals surface area contributed by atoms with Gasteiger partial charge in [-0.2, -0.15) is 5.10 Å². The van der Waals surface area contributed by atoms with Gasteiger partial charge in [-0.05, 0) is 24.5 Å². The Balaban J connectivity index is 2.37. The molecule has 0 aliphatic rings. The van der Waals surface area contributed by atoms with Crippen LogP contribution in [0.15, 0.2) is 24.5 Å². The number of hydrogen-bond donors (Lipinski definition) is 1. The second-order valence-electron chi connectivity index (χ2n) is 4.99. The van der Waals surface area contributed by atoms with Gasteiger partial charge in [0.2, 0.25) is 0 Å². The summed E-state index contributed by atoms with van der Waals surface area (Å²) in [6.07, 6.45) is 3.87. The Labute approximate surface area is 113 Å². The molecule has 2 rings (SSSR count). The summed E-state index contributed by atoms with van der Waals surface area (Å²) in [5.41, 5.74) is 9.49. The van der Waals surface area contributed by atoms with E-state index in [-0.39, 0.29) is 0 Å². The quantitative estimate of drug-likeness (QED) is 0.857. The minimum atomic E-state index is 0.571. The number of hydrogen-bond acceptors (Lipinski definition) is 2. The first kappa shape index (κ1) is 13.0. The molecule has 0 amide bonds. The summed E-state index contributed by atoms with van der Waals surface area (Å²) in [6.45, 7) is 7.18. The maximum absolute atomic E-state index is 6.33. The van der Waals surface area contributed by atoms with Crippen molar-refractivity contribution in [3.05, 3.63) is 35.1 Å². The van der Waals surface area contributed by atoms with Crippen molar-refractivity contribution >= 4 is 17.3 Å². The molecule has 3 nitrogen and oxygen atoms in total. The van der Waals surface area contributed by atoms with E-state index in [9.17, 15) is 0 Å². The van der Waals surface area contributed by atoms with Crippen LogP contribution in [0.2, 0.25) is 5.02 Å². The van der Waals surface area contributed by atoms with Crippen LogP contribution in [-0.4, -0.2) is 9.78 Å². The molecule has 2 N–H and O–H groups in total. The van der Waals surface area contributed by atoms with Crippen LogP contribution >= 0.6 is 11.6 Å². The van der Waals surface area contributed by atoms with E-state index < -0.39 is 0 Å². The minimum absolute atomic E-state index is 0.571. The van der Waals surface area contributed by atoms with Crippen LogP contribution in [0.5, 0.6) is 0 Å². The molecular formula is C14H18ClN3. The van der Waals surface area contributed by atoms with E-state index >= 15 is 0 Å². The molecule has 0 radical (unpaired) electrons. The number of rotatable bonds is 3. The summed E-state index contributed by atoms with van der Waals surface area (Å²) in [4.78, 5) is 0. The number of benzene rings is 1. The zero-order chi connectivity index (χ0) is 13.3. The van der Waals surface area contributed by atoms with E-state index in [1.54, 1.807) is 0 Å². The van der Waals surface area contributed by atoms with Gasteiger partial charge in [-0.1, -0.05) is 31.5 Å². The van der Waals surface area contributed by atoms with E-state index in [1.165, 1.54) is 0 Å². The average molecular weight is 264 g/mol. The average Bonchev–Trinajstić information content (AvgIpc) is 2.73. The number of nitrogens with two attached hydrogens (primary N) is 1. The van der Waals surface area contributed by atoms with Gasteiger partial charge >= 0.3 is 0 Å². The van der Waals surface area contributed by atoms with Gasteiger partial charge in [0.15, 0.2) is 0 Å². The number of nitrogen functional groups attached to an aromatic ring is 1. The molecule has 2 aromatic rings. The number of nitrogens with zero attached hydrogens (tertiary/aromatic N) is 2. The van der Waals surface area contributed by atoms with E-state index in [0.717, 1.165) is 28.9 Å². The third-order valence-electron chi connectivity index (χ3n) is 2.92. The third-order valence-corrected chi connectivity index (χ3v) is 3.41. The van der Waals surface area contributed by atoms with Crippen molar-refractivity contribution in [3.8, 4) is 11.1 Å². The molecule has 0 unspecified atom stereocenters. The maximum Gasteiger partial charge on any atom is 0.0568 e. The second kappa shape index (κ2) is 5.02. The lowest BCUT2D eigenvalue weighted by atomic mass is 10.1. The monoisotopic (exact) mass is 263 g/mol. The lowest BCUT2D eigenvalue weighted by Crippen LogP contribution is -2.04. The standard InChI is InChI=1S/C14H18ClN3/c1-9(2)7-18-8-11(6-17-18)12-4-5-13(16)10(3)14(12)15/h4-6,8-9H,7,16H2,1-3H3. The maximum atomic E-state index is 6.33. The molecule has 1 heterocycles. The van der Waals surface area contributed by atoms with Crippen LogP contribution in [0.25, 0.3) is 11.1 Å². The van der Waals surface area contributed by atoms with Crippen LogP contribution in [0.1, 0.15) is 19.4 Å². The SMILES string of the molecule is Cc1c(N)ccc(-c2cnn(CC(C)C)c2)c1Cl. The van der Waals surface area contributed by atoms with Gasteiger partial charge in [0, 0.05) is 29.6 Å². The summed E-state index contributed by atoms with van der Waals surface area (Å²) >= 11 is 6.33. The van der Waals surface area contributed by atoms with Gasteiger partial charge < -0.3 is 5.73 Å². The first-order valence-electron chi connectivity index (χ1n) is 6.06. The van der Waals surface area contributed by atoms with Crippen LogP contribution in [0.4, 0.5) is 5.69 Å². The third kappa shape index (κ3) is 2.51. The smallest absolute Gasteiger partial charge is 0.0568 e. The van der Waals surface area contributed by atoms with Crippen LogP contribution in [-0.2, 0) is 6.54 Å². The largest absolute Gasteiger partial charge is 0.398 e. The molecule has 4 heteroatoms. The van der Waals surface area contributed by atoms with E-state index in [2.05, 4.69) is 18.9 Å². The van der Waals surface area contributed by atoms with Crippen LogP contribution in [0.3, 0.4) is 0 Å². The highest BCUT2D eigenvalue weighted by Gasteiger charge is 2.10. The molecular weight excluding hydrogens is 246 g/mol. The molecule has 96 valence electrons. The highest BCUT2D eigenvalue weighted by molar-refractivity contribution is 6.34. The second-order valence-corrected chi connectivity index (χ2v) is 5.36. The summed E-state index contributed by atoms with van der Waals surface area (Å²) < 4.78 is 1.95. The van der Waals surface area contributed by atoms with Crippen molar-refractivity contribution in [3.63, 3.8) is 0 Å². The molecule has 0 bridgehead atoms. The van der Waals surface area contributed by atoms with Gasteiger partial charge in [0.25, 0.3) is 0 Å². The molecule has 1 aromatic carbocycles. The van der Waals surface area contributed by atoms with Gasteiger partial charge in [-0.3, -0.25) is 4.68 Å². The lowest BCUT2D eigenvalue weighted by Gasteiger charge is -2.07. The van der Waals surface area contributed by atoms with Crippen molar-refractivity contribution in [2.75, 3.05) is 5.73 Å². The number of aromatic nitrogens is 2. The van der Waals surface area contributed by atoms with Gasteiger partial charge in [0.05, 0.1) is 11.2 Å². The highest BCUT2D eigenvalue weighted by Crippen LogP contribution is 2.33. The van der Waals surface area contributed by atoms with Crippen molar-refractivity contribution in [2.45, 2.75) is 27.3 Å². The van der Waals surface area contributed by atoms with Crippen molar-refractivity contribution in [2.24, 2.45) is 5.92 Å². The summed E-state index contributed by atoms with van der Waals surface area (Å²) in [6, 6.07) is 3.83. The fourth-order valence-corrected chi connectivity index (χ4v) is 2.18. The molecule has 0 aliphatic heterocycles. The van der Waals surface area contributed by atoms with Crippen molar-refractivity contribution in [1.82, 2.24) is 9.78 Å². The Morgan fingerprint density at radius 1 is 1.39 bits per heavy atom. The molecule has 0 saturated heterocycles. The zero-order valence-corrected chi connectivity index (χ0v) is 11.7. The van der Waals surface area contributed by atoms with Crippen LogP contribution in [0, 0.1) is 12.8 Å². The number of anilines is 1. The molecule has 1 aromatic heterocycles. The Hall–Kier alpha value is -1.48. The van der Waals surface area contributed by atoms with Gasteiger partial charge in [0.1, 0.15) is 0 Å². The Kier molecular flexibility index (Phi) is 3.62. The Morgan fingerprint density at radius 2 is 2.11 bits per heavy atom. The van der Waals surface area contributed by atoms with Crippen molar-refractivity contribution in [1.29, 1.82) is 0 Å². The minimum Gasteiger partial charge on any atom is -0.398 e. The topological polar surface area (TPSA) is 43.8 Å². The first-order valence-corrected chi connectivity index (χ1v) is 6.44. The Bertz CT molecular complexity index is 558. The molecule has 18 heavy (non-hydrogen) atoms. The zero-order valence-electron chi connectivity index (χ0n) is 10.9. The molecule has 0 aliphatic carbocycles. The summed E-state index contributed by atoms with van der Waals surface area (Å²) in [7, 11) is 0. The lowest BCUT2D eigenvalue weighted by molar-refractivity contribution is 0.483. The van der Waals surface area contributed by atoms with Crippen molar-refractivity contribution < 1.29 is 0 Å². The molecule has 0 saturated carbocycles. The predicted molar refractivity (Wildman–Crippen MR) is 76.7 cm³/mol. The fourth-order valence-electron chi connectivity index (χ4n) is 1.90. The highest BCUT2D eigenvalue weighted by atomic mass is 35.5. The van der Waals surface area contributed by atoms with Gasteiger partial charge in [-0.25, -0.2) is 0 Å². The normalized spacial score (nSPS) is 11.2. The molecule has 0 spiro atoms.